The van der Waals surface area contributed by atoms with Crippen molar-refractivity contribution in [1.29, 1.82) is 0 Å². The van der Waals surface area contributed by atoms with Crippen molar-refractivity contribution in [3.8, 4) is 0 Å². The second kappa shape index (κ2) is 4.61. The summed E-state index contributed by atoms with van der Waals surface area (Å²) >= 11 is 0. The van der Waals surface area contributed by atoms with Gasteiger partial charge < -0.3 is 15.0 Å². The third-order valence-electron chi connectivity index (χ3n) is 3.88. The van der Waals surface area contributed by atoms with E-state index in [0.29, 0.717) is 6.04 Å². The van der Waals surface area contributed by atoms with Crippen molar-refractivity contribution in [1.82, 2.24) is 14.3 Å². The fourth-order valence-electron chi connectivity index (χ4n) is 2.93. The van der Waals surface area contributed by atoms with Gasteiger partial charge in [0.2, 0.25) is 0 Å². The lowest BCUT2D eigenvalue weighted by atomic mass is 10.1. The molecule has 0 aliphatic carbocycles. The van der Waals surface area contributed by atoms with Gasteiger partial charge >= 0.3 is 0 Å². The highest BCUT2D eigenvalue weighted by atomic mass is 15.2. The van der Waals surface area contributed by atoms with Crippen LogP contribution >= 0.6 is 0 Å². The summed E-state index contributed by atoms with van der Waals surface area (Å²) < 4.78 is 2.05. The van der Waals surface area contributed by atoms with E-state index in [4.69, 9.17) is 5.73 Å². The van der Waals surface area contributed by atoms with Gasteiger partial charge in [-0.3, -0.25) is 0 Å². The van der Waals surface area contributed by atoms with Crippen LogP contribution in [0.25, 0.3) is 5.65 Å². The van der Waals surface area contributed by atoms with Crippen molar-refractivity contribution in [2.75, 3.05) is 18.8 Å². The van der Waals surface area contributed by atoms with E-state index in [1.165, 1.54) is 25.1 Å². The molecule has 0 bridgehead atoms. The maximum Gasteiger partial charge on any atom is 0.139 e. The summed E-state index contributed by atoms with van der Waals surface area (Å²) in [7, 11) is 0. The van der Waals surface area contributed by atoms with Crippen LogP contribution in [0.1, 0.15) is 25.5 Å². The number of fused-ring (bicyclic) bond motifs is 1. The first-order chi connectivity index (χ1) is 8.76. The molecule has 4 nitrogen and oxygen atoms in total. The molecule has 0 spiro atoms. The first-order valence-corrected chi connectivity index (χ1v) is 6.73. The Bertz CT molecular complexity index is 546. The summed E-state index contributed by atoms with van der Waals surface area (Å²) in [4.78, 5) is 7.22. The molecule has 0 radical (unpaired) electrons. The Balaban J connectivity index is 1.82. The van der Waals surface area contributed by atoms with E-state index < -0.39 is 0 Å². The van der Waals surface area contributed by atoms with Crippen LogP contribution in [0.3, 0.4) is 0 Å². The van der Waals surface area contributed by atoms with Gasteiger partial charge in [-0.2, -0.15) is 0 Å². The molecule has 0 aromatic carbocycles. The molecule has 1 aliphatic rings. The van der Waals surface area contributed by atoms with Crippen molar-refractivity contribution in [2.24, 2.45) is 0 Å². The molecule has 0 amide bonds. The average Bonchev–Trinajstić information content (AvgIpc) is 2.94. The van der Waals surface area contributed by atoms with E-state index in [1.54, 1.807) is 0 Å². The Morgan fingerprint density at radius 2 is 2.39 bits per heavy atom. The molecule has 3 heterocycles. The minimum atomic E-state index is 0.664. The van der Waals surface area contributed by atoms with Crippen LogP contribution in [0.15, 0.2) is 24.5 Å². The number of likely N-dealkylation sites (N-methyl/N-ethyl adjacent to an activating group) is 1. The largest absolute Gasteiger partial charge is 0.399 e. The minimum absolute atomic E-state index is 0.664. The SMILES string of the molecule is CCN1CCCC1Cc1cn2ccc(N)cc2n1. The van der Waals surface area contributed by atoms with Crippen LogP contribution in [0.5, 0.6) is 0 Å². The van der Waals surface area contributed by atoms with Gasteiger partial charge in [-0.1, -0.05) is 6.92 Å². The van der Waals surface area contributed by atoms with Crippen molar-refractivity contribution < 1.29 is 0 Å². The highest BCUT2D eigenvalue weighted by molar-refractivity contribution is 5.52. The predicted molar refractivity (Wildman–Crippen MR) is 73.6 cm³/mol. The van der Waals surface area contributed by atoms with Gasteiger partial charge in [0.1, 0.15) is 5.65 Å². The van der Waals surface area contributed by atoms with Crippen molar-refractivity contribution in [3.63, 3.8) is 0 Å². The zero-order valence-corrected chi connectivity index (χ0v) is 10.8. The lowest BCUT2D eigenvalue weighted by Crippen LogP contribution is -2.30. The second-order valence-electron chi connectivity index (χ2n) is 5.09. The quantitative estimate of drug-likeness (QED) is 0.897. The van der Waals surface area contributed by atoms with Crippen LogP contribution in [-0.4, -0.2) is 33.4 Å². The van der Waals surface area contributed by atoms with Crippen LogP contribution in [0.2, 0.25) is 0 Å². The summed E-state index contributed by atoms with van der Waals surface area (Å²) in [5.41, 5.74) is 8.67. The number of rotatable bonds is 3. The van der Waals surface area contributed by atoms with Gasteiger partial charge in [0.05, 0.1) is 5.69 Å². The number of aromatic nitrogens is 2. The van der Waals surface area contributed by atoms with E-state index in [-0.39, 0.29) is 0 Å². The Morgan fingerprint density at radius 3 is 3.22 bits per heavy atom. The smallest absolute Gasteiger partial charge is 0.139 e. The van der Waals surface area contributed by atoms with Gasteiger partial charge in [-0.05, 0) is 32.0 Å². The number of anilines is 1. The molecule has 0 saturated carbocycles. The molecule has 1 aliphatic heterocycles. The molecule has 18 heavy (non-hydrogen) atoms. The van der Waals surface area contributed by atoms with E-state index in [1.807, 2.05) is 18.3 Å². The van der Waals surface area contributed by atoms with Crippen LogP contribution in [0, 0.1) is 0 Å². The Labute approximate surface area is 107 Å². The lowest BCUT2D eigenvalue weighted by molar-refractivity contribution is 0.265. The molecular formula is C14H20N4. The Morgan fingerprint density at radius 1 is 1.50 bits per heavy atom. The molecule has 1 atom stereocenters. The number of imidazole rings is 1. The van der Waals surface area contributed by atoms with E-state index >= 15 is 0 Å². The third kappa shape index (κ3) is 2.08. The monoisotopic (exact) mass is 244 g/mol. The van der Waals surface area contributed by atoms with E-state index in [9.17, 15) is 0 Å². The first kappa shape index (κ1) is 11.5. The Hall–Kier alpha value is -1.55. The van der Waals surface area contributed by atoms with Gasteiger partial charge in [0, 0.05) is 36.6 Å². The topological polar surface area (TPSA) is 46.6 Å². The average molecular weight is 244 g/mol. The maximum atomic E-state index is 5.78. The van der Waals surface area contributed by atoms with Crippen LogP contribution < -0.4 is 5.73 Å². The summed E-state index contributed by atoms with van der Waals surface area (Å²) in [5.74, 6) is 0. The first-order valence-electron chi connectivity index (χ1n) is 6.73. The van der Waals surface area contributed by atoms with E-state index in [2.05, 4.69) is 27.4 Å². The lowest BCUT2D eigenvalue weighted by Gasteiger charge is -2.21. The van der Waals surface area contributed by atoms with Gasteiger partial charge in [-0.25, -0.2) is 4.98 Å². The number of nitrogen functional groups attached to an aromatic ring is 1. The molecule has 2 aromatic rings. The number of hydrogen-bond acceptors (Lipinski definition) is 3. The fraction of sp³-hybridized carbons (Fsp3) is 0.500. The fourth-order valence-corrected chi connectivity index (χ4v) is 2.93. The molecular weight excluding hydrogens is 224 g/mol. The molecule has 1 fully saturated rings. The zero-order chi connectivity index (χ0) is 12.5. The molecule has 3 rings (SSSR count). The molecule has 2 aromatic heterocycles. The van der Waals surface area contributed by atoms with Crippen LogP contribution in [-0.2, 0) is 6.42 Å². The Kier molecular flexibility index (Phi) is 2.96. The molecule has 2 N–H and O–H groups in total. The summed E-state index contributed by atoms with van der Waals surface area (Å²) in [6, 6.07) is 4.50. The van der Waals surface area contributed by atoms with Gasteiger partial charge in [0.15, 0.2) is 0 Å². The van der Waals surface area contributed by atoms with Crippen molar-refractivity contribution in [3.05, 3.63) is 30.2 Å². The summed E-state index contributed by atoms with van der Waals surface area (Å²) in [6.45, 7) is 4.62. The number of hydrogen-bond donors (Lipinski definition) is 1. The maximum absolute atomic E-state index is 5.78. The predicted octanol–water partition coefficient (Wildman–Crippen LogP) is 1.94. The molecule has 4 heteroatoms. The van der Waals surface area contributed by atoms with Crippen LogP contribution in [0.4, 0.5) is 5.69 Å². The van der Waals surface area contributed by atoms with Gasteiger partial charge in [-0.15, -0.1) is 0 Å². The standard InChI is InChI=1S/C14H20N4/c1-2-17-6-3-4-13(17)9-12-10-18-7-5-11(15)8-14(18)16-12/h5,7-8,10,13H,2-4,6,9,15H2,1H3. The normalized spacial score (nSPS) is 20.8. The molecule has 1 unspecified atom stereocenters. The summed E-state index contributed by atoms with van der Waals surface area (Å²) in [5, 5.41) is 0. The van der Waals surface area contributed by atoms with E-state index in [0.717, 1.165) is 24.3 Å². The number of nitrogens with two attached hydrogens (primary N) is 1. The number of pyridine rings is 1. The van der Waals surface area contributed by atoms with Gasteiger partial charge in [0.25, 0.3) is 0 Å². The number of likely N-dealkylation sites (tertiary alicyclic amines) is 1. The van der Waals surface area contributed by atoms with Crippen molar-refractivity contribution >= 4 is 11.3 Å². The minimum Gasteiger partial charge on any atom is -0.399 e. The number of nitrogens with zero attached hydrogens (tertiary/aromatic N) is 3. The summed E-state index contributed by atoms with van der Waals surface area (Å²) in [6.07, 6.45) is 7.77. The second-order valence-corrected chi connectivity index (χ2v) is 5.09. The third-order valence-corrected chi connectivity index (χ3v) is 3.88. The highest BCUT2D eigenvalue weighted by Gasteiger charge is 2.23. The molecule has 1 saturated heterocycles. The zero-order valence-electron chi connectivity index (χ0n) is 10.8. The van der Waals surface area contributed by atoms with Crippen molar-refractivity contribution in [2.45, 2.75) is 32.2 Å². The highest BCUT2D eigenvalue weighted by Crippen LogP contribution is 2.21. The molecule has 96 valence electrons.